The predicted molar refractivity (Wildman–Crippen MR) is 84.5 cm³/mol. The Kier molecular flexibility index (Phi) is 4.62. The highest BCUT2D eigenvalue weighted by Crippen LogP contribution is 2.33. The van der Waals surface area contributed by atoms with Crippen molar-refractivity contribution in [3.05, 3.63) is 38.2 Å². The third-order valence-corrected chi connectivity index (χ3v) is 4.33. The van der Waals surface area contributed by atoms with Gasteiger partial charge >= 0.3 is 11.9 Å². The molecule has 0 spiro atoms. The molecule has 5 nitrogen and oxygen atoms in total. The maximum Gasteiger partial charge on any atom is 0.350 e. The first kappa shape index (κ1) is 17.0. The zero-order valence-electron chi connectivity index (χ0n) is 11.9. The Morgan fingerprint density at radius 2 is 1.73 bits per heavy atom. The van der Waals surface area contributed by atoms with Gasteiger partial charge in [0.2, 0.25) is 0 Å². The summed E-state index contributed by atoms with van der Waals surface area (Å²) < 4.78 is 25.1. The number of carbonyl (C=O) groups is 2. The molecule has 2 rings (SSSR count). The van der Waals surface area contributed by atoms with E-state index in [2.05, 4.69) is 37.2 Å². The molecule has 1 N–H and O–H groups in total. The van der Waals surface area contributed by atoms with Crippen molar-refractivity contribution in [2.24, 2.45) is 0 Å². The van der Waals surface area contributed by atoms with Gasteiger partial charge in [-0.05, 0) is 28.9 Å². The van der Waals surface area contributed by atoms with Crippen LogP contribution < -0.4 is 5.32 Å². The second-order valence-electron chi connectivity index (χ2n) is 5.04. The van der Waals surface area contributed by atoms with E-state index in [4.69, 9.17) is 9.47 Å². The summed E-state index contributed by atoms with van der Waals surface area (Å²) in [5.74, 6) is -3.50. The lowest BCUT2D eigenvalue weighted by Gasteiger charge is -2.29. The normalized spacial score (nSPS) is 16.9. The summed E-state index contributed by atoms with van der Waals surface area (Å²) in [4.78, 5) is 23.6. The summed E-state index contributed by atoms with van der Waals surface area (Å²) in [6.07, 6.45) is 1.07. The lowest BCUT2D eigenvalue weighted by atomic mass is 10.2. The highest BCUT2D eigenvalue weighted by atomic mass is 79.9. The number of benzene rings is 1. The third-order valence-electron chi connectivity index (χ3n) is 2.88. The lowest BCUT2D eigenvalue weighted by Crippen LogP contribution is -2.42. The van der Waals surface area contributed by atoms with Crippen molar-refractivity contribution in [2.45, 2.75) is 26.6 Å². The smallest absolute Gasteiger partial charge is 0.350 e. The quantitative estimate of drug-likeness (QED) is 0.434. The Labute approximate surface area is 143 Å². The number of carbonyl (C=O) groups excluding carboxylic acids is 2. The van der Waals surface area contributed by atoms with Crippen LogP contribution in [0.3, 0.4) is 0 Å². The van der Waals surface area contributed by atoms with Gasteiger partial charge in [-0.15, -0.1) is 0 Å². The van der Waals surface area contributed by atoms with Crippen LogP contribution in [0.2, 0.25) is 0 Å². The number of anilines is 1. The maximum atomic E-state index is 14.2. The molecule has 1 aliphatic heterocycles. The standard InChI is InChI=1S/C14H12Br2FNO4/c1-6-8(15)4-9(16)11(10(6)17)18-5-7-12(19)21-14(2,3)22-13(7)20/h4-5,18H,1-3H3. The summed E-state index contributed by atoms with van der Waals surface area (Å²) in [6.45, 7) is 4.48. The van der Waals surface area contributed by atoms with Crippen LogP contribution in [0.15, 0.2) is 26.8 Å². The molecule has 118 valence electrons. The number of ether oxygens (including phenoxy) is 2. The van der Waals surface area contributed by atoms with Gasteiger partial charge in [0.25, 0.3) is 5.79 Å². The van der Waals surface area contributed by atoms with E-state index in [1.165, 1.54) is 13.8 Å². The zero-order chi connectivity index (χ0) is 16.7. The SMILES string of the molecule is Cc1c(Br)cc(Br)c(NC=C2C(=O)OC(C)(C)OC2=O)c1F. The zero-order valence-corrected chi connectivity index (χ0v) is 15.1. The number of rotatable bonds is 2. The summed E-state index contributed by atoms with van der Waals surface area (Å²) >= 11 is 6.44. The molecule has 0 bridgehead atoms. The first-order valence-electron chi connectivity index (χ1n) is 6.20. The Morgan fingerprint density at radius 3 is 2.27 bits per heavy atom. The predicted octanol–water partition coefficient (Wildman–Crippen LogP) is 3.79. The molecule has 1 heterocycles. The van der Waals surface area contributed by atoms with Gasteiger partial charge in [0.15, 0.2) is 11.4 Å². The van der Waals surface area contributed by atoms with E-state index in [9.17, 15) is 14.0 Å². The van der Waals surface area contributed by atoms with Gasteiger partial charge in [0.1, 0.15) is 0 Å². The van der Waals surface area contributed by atoms with E-state index in [0.29, 0.717) is 14.5 Å². The lowest BCUT2D eigenvalue weighted by molar-refractivity contribution is -0.222. The third kappa shape index (κ3) is 3.33. The number of cyclic esters (lactones) is 2. The van der Waals surface area contributed by atoms with Crippen LogP contribution in [-0.4, -0.2) is 17.7 Å². The summed E-state index contributed by atoms with van der Waals surface area (Å²) in [7, 11) is 0. The minimum absolute atomic E-state index is 0.0960. The molecule has 1 saturated heterocycles. The minimum Gasteiger partial charge on any atom is -0.419 e. The van der Waals surface area contributed by atoms with Crippen molar-refractivity contribution in [3.8, 4) is 0 Å². The highest BCUT2D eigenvalue weighted by Gasteiger charge is 2.39. The van der Waals surface area contributed by atoms with Gasteiger partial charge in [0.05, 0.1) is 5.69 Å². The van der Waals surface area contributed by atoms with E-state index in [1.807, 2.05) is 0 Å². The van der Waals surface area contributed by atoms with Crippen molar-refractivity contribution < 1.29 is 23.5 Å². The van der Waals surface area contributed by atoms with Crippen LogP contribution >= 0.6 is 31.9 Å². The molecule has 22 heavy (non-hydrogen) atoms. The topological polar surface area (TPSA) is 64.6 Å². The van der Waals surface area contributed by atoms with E-state index in [-0.39, 0.29) is 11.3 Å². The molecule has 1 aromatic carbocycles. The Morgan fingerprint density at radius 1 is 1.18 bits per heavy atom. The number of hydrogen-bond acceptors (Lipinski definition) is 5. The largest absolute Gasteiger partial charge is 0.419 e. The molecule has 1 fully saturated rings. The fourth-order valence-corrected chi connectivity index (χ4v) is 2.97. The molecule has 0 saturated carbocycles. The average Bonchev–Trinajstić information content (AvgIpc) is 2.37. The van der Waals surface area contributed by atoms with Gasteiger partial charge in [-0.1, -0.05) is 15.9 Å². The van der Waals surface area contributed by atoms with Crippen LogP contribution in [0.1, 0.15) is 19.4 Å². The monoisotopic (exact) mass is 435 g/mol. The van der Waals surface area contributed by atoms with Gasteiger partial charge in [0, 0.05) is 34.6 Å². The first-order chi connectivity index (χ1) is 10.1. The molecule has 0 unspecified atom stereocenters. The molecule has 1 aliphatic rings. The Hall–Kier alpha value is -1.41. The van der Waals surface area contributed by atoms with Crippen LogP contribution in [0.4, 0.5) is 10.1 Å². The van der Waals surface area contributed by atoms with E-state index in [1.54, 1.807) is 13.0 Å². The van der Waals surface area contributed by atoms with Gasteiger partial charge in [-0.25, -0.2) is 14.0 Å². The molecular formula is C14H12Br2FNO4. The van der Waals surface area contributed by atoms with Crippen molar-refractivity contribution >= 4 is 49.5 Å². The second kappa shape index (κ2) is 6.00. The minimum atomic E-state index is -1.31. The first-order valence-corrected chi connectivity index (χ1v) is 7.78. The van der Waals surface area contributed by atoms with Crippen LogP contribution in [0, 0.1) is 12.7 Å². The fourth-order valence-electron chi connectivity index (χ4n) is 1.74. The Bertz CT molecular complexity index is 679. The Balaban J connectivity index is 2.32. The van der Waals surface area contributed by atoms with E-state index < -0.39 is 23.5 Å². The summed E-state index contributed by atoms with van der Waals surface area (Å²) in [6, 6.07) is 1.65. The number of nitrogens with one attached hydrogen (secondary N) is 1. The molecule has 0 amide bonds. The molecular weight excluding hydrogens is 425 g/mol. The van der Waals surface area contributed by atoms with Crippen molar-refractivity contribution in [3.63, 3.8) is 0 Å². The van der Waals surface area contributed by atoms with Gasteiger partial charge in [-0.2, -0.15) is 0 Å². The van der Waals surface area contributed by atoms with Crippen molar-refractivity contribution in [1.82, 2.24) is 0 Å². The molecule has 1 aromatic rings. The number of hydrogen-bond donors (Lipinski definition) is 1. The van der Waals surface area contributed by atoms with E-state index >= 15 is 0 Å². The summed E-state index contributed by atoms with van der Waals surface area (Å²) in [5, 5.41) is 2.60. The molecule has 0 atom stereocenters. The highest BCUT2D eigenvalue weighted by molar-refractivity contribution is 9.11. The molecule has 8 heteroatoms. The average molecular weight is 437 g/mol. The summed E-state index contributed by atoms with van der Waals surface area (Å²) in [5.41, 5.74) is 0.142. The van der Waals surface area contributed by atoms with Crippen molar-refractivity contribution in [2.75, 3.05) is 5.32 Å². The molecule has 0 aliphatic carbocycles. The fraction of sp³-hybridized carbons (Fsp3) is 0.286. The van der Waals surface area contributed by atoms with Gasteiger partial charge in [-0.3, -0.25) is 0 Å². The van der Waals surface area contributed by atoms with Gasteiger partial charge < -0.3 is 14.8 Å². The number of esters is 2. The molecule has 0 radical (unpaired) electrons. The maximum absolute atomic E-state index is 14.2. The van der Waals surface area contributed by atoms with Crippen LogP contribution in [0.25, 0.3) is 0 Å². The van der Waals surface area contributed by atoms with Crippen LogP contribution in [-0.2, 0) is 19.1 Å². The second-order valence-corrected chi connectivity index (χ2v) is 6.74. The molecule has 0 aromatic heterocycles. The van der Waals surface area contributed by atoms with Crippen LogP contribution in [0.5, 0.6) is 0 Å². The van der Waals surface area contributed by atoms with Crippen molar-refractivity contribution in [1.29, 1.82) is 0 Å². The number of halogens is 3. The van der Waals surface area contributed by atoms with E-state index in [0.717, 1.165) is 6.20 Å².